The Balaban J connectivity index is 0.00000210. The van der Waals surface area contributed by atoms with Crippen molar-refractivity contribution in [3.63, 3.8) is 0 Å². The fourth-order valence-electron chi connectivity index (χ4n) is 2.93. The van der Waals surface area contributed by atoms with Crippen LogP contribution in [-0.4, -0.2) is 33.9 Å². The second-order valence-electron chi connectivity index (χ2n) is 5.93. The molecule has 6 nitrogen and oxygen atoms in total. The van der Waals surface area contributed by atoms with Gasteiger partial charge in [-0.1, -0.05) is 0 Å². The minimum atomic E-state index is -0.219. The molecule has 0 radical (unpaired) electrons. The van der Waals surface area contributed by atoms with E-state index in [1.54, 1.807) is 30.5 Å². The number of H-pyrrole nitrogens is 1. The zero-order valence-corrected chi connectivity index (χ0v) is 17.8. The Hall–Kier alpha value is -2.14. The van der Waals surface area contributed by atoms with Crippen LogP contribution in [0.5, 0.6) is 0 Å². The van der Waals surface area contributed by atoms with E-state index in [2.05, 4.69) is 25.6 Å². The summed E-state index contributed by atoms with van der Waals surface area (Å²) in [5.41, 5.74) is 2.99. The molecular weight excluding hydrogens is 478 g/mol. The Morgan fingerprint density at radius 2 is 2.26 bits per heavy atom. The van der Waals surface area contributed by atoms with E-state index in [0.29, 0.717) is 19.0 Å². The zero-order chi connectivity index (χ0) is 17.9. The molecule has 0 spiro atoms. The number of aromatic nitrogens is 3. The summed E-state index contributed by atoms with van der Waals surface area (Å²) in [5, 5.41) is 9.48. The maximum Gasteiger partial charge on any atom is 0.193 e. The van der Waals surface area contributed by atoms with E-state index in [1.807, 2.05) is 28.4 Å². The Labute approximate surface area is 176 Å². The maximum atomic E-state index is 13.4. The van der Waals surface area contributed by atoms with Crippen molar-refractivity contribution >= 4 is 57.1 Å². The summed E-state index contributed by atoms with van der Waals surface area (Å²) in [7, 11) is 1.74. The molecule has 0 amide bonds. The lowest BCUT2D eigenvalue weighted by Crippen LogP contribution is -2.37. The van der Waals surface area contributed by atoms with Gasteiger partial charge in [-0.05, 0) is 30.2 Å². The fourth-order valence-corrected chi connectivity index (χ4v) is 3.65. The van der Waals surface area contributed by atoms with Gasteiger partial charge in [-0.3, -0.25) is 9.39 Å². The summed E-state index contributed by atoms with van der Waals surface area (Å²) in [6, 6.07) is 4.79. The van der Waals surface area contributed by atoms with Crippen molar-refractivity contribution in [2.24, 2.45) is 4.99 Å². The number of aromatic amines is 1. The van der Waals surface area contributed by atoms with Gasteiger partial charge in [-0.2, -0.15) is 0 Å². The Kier molecular flexibility index (Phi) is 6.32. The molecule has 142 valence electrons. The summed E-state index contributed by atoms with van der Waals surface area (Å²) in [6.45, 7) is 1.30. The lowest BCUT2D eigenvalue weighted by molar-refractivity contribution is 0.629. The average molecular weight is 498 g/mol. The van der Waals surface area contributed by atoms with Crippen LogP contribution < -0.4 is 10.6 Å². The monoisotopic (exact) mass is 498 g/mol. The molecule has 0 atom stereocenters. The van der Waals surface area contributed by atoms with Crippen molar-refractivity contribution in [1.82, 2.24) is 25.0 Å². The molecule has 3 N–H and O–H groups in total. The third kappa shape index (κ3) is 4.41. The number of hydrogen-bond donors (Lipinski definition) is 3. The zero-order valence-electron chi connectivity index (χ0n) is 14.7. The minimum Gasteiger partial charge on any atom is -0.361 e. The summed E-state index contributed by atoms with van der Waals surface area (Å²) in [5.74, 6) is 0.496. The number of rotatable bonds is 5. The van der Waals surface area contributed by atoms with Crippen LogP contribution in [0.25, 0.3) is 15.9 Å². The van der Waals surface area contributed by atoms with Crippen LogP contribution in [0.15, 0.2) is 47.2 Å². The van der Waals surface area contributed by atoms with Gasteiger partial charge in [-0.15, -0.1) is 35.3 Å². The van der Waals surface area contributed by atoms with Crippen LogP contribution in [0, 0.1) is 5.82 Å². The minimum absolute atomic E-state index is 0. The van der Waals surface area contributed by atoms with E-state index in [0.717, 1.165) is 33.5 Å². The first kappa shape index (κ1) is 19.6. The number of aliphatic imine (C=N–C) groups is 1. The van der Waals surface area contributed by atoms with Crippen molar-refractivity contribution in [1.29, 1.82) is 0 Å². The number of nitrogens with one attached hydrogen (secondary N) is 3. The third-order valence-electron chi connectivity index (χ3n) is 4.22. The fraction of sp³-hybridized carbons (Fsp3) is 0.222. The second kappa shape index (κ2) is 8.70. The van der Waals surface area contributed by atoms with Crippen molar-refractivity contribution in [3.05, 3.63) is 59.2 Å². The van der Waals surface area contributed by atoms with Crippen molar-refractivity contribution in [3.8, 4) is 0 Å². The smallest absolute Gasteiger partial charge is 0.193 e. The first-order chi connectivity index (χ1) is 12.7. The molecule has 0 aliphatic rings. The lowest BCUT2D eigenvalue weighted by Gasteiger charge is -2.10. The van der Waals surface area contributed by atoms with Gasteiger partial charge in [0.15, 0.2) is 10.9 Å². The number of nitrogens with zero attached hydrogens (tertiary/aromatic N) is 3. The molecule has 27 heavy (non-hydrogen) atoms. The summed E-state index contributed by atoms with van der Waals surface area (Å²) < 4.78 is 15.5. The number of benzene rings is 1. The van der Waals surface area contributed by atoms with E-state index in [1.165, 1.54) is 6.07 Å². The summed E-state index contributed by atoms with van der Waals surface area (Å²) in [4.78, 5) is 12.9. The van der Waals surface area contributed by atoms with Gasteiger partial charge in [0, 0.05) is 48.5 Å². The molecule has 0 aliphatic carbocycles. The molecule has 0 aliphatic heterocycles. The largest absolute Gasteiger partial charge is 0.361 e. The normalized spacial score (nSPS) is 11.7. The third-order valence-corrected chi connectivity index (χ3v) is 4.99. The molecular formula is C18H20FIN6S. The quantitative estimate of drug-likeness (QED) is 0.224. The van der Waals surface area contributed by atoms with Crippen LogP contribution in [-0.2, 0) is 13.0 Å². The number of imidazole rings is 1. The predicted octanol–water partition coefficient (Wildman–Crippen LogP) is 3.54. The molecule has 3 heterocycles. The molecule has 4 rings (SSSR count). The highest BCUT2D eigenvalue weighted by Crippen LogP contribution is 2.19. The van der Waals surface area contributed by atoms with Crippen molar-refractivity contribution in [2.45, 2.75) is 13.0 Å². The van der Waals surface area contributed by atoms with Crippen molar-refractivity contribution in [2.75, 3.05) is 13.6 Å². The van der Waals surface area contributed by atoms with Gasteiger partial charge in [0.25, 0.3) is 0 Å². The number of halogens is 2. The number of guanidine groups is 1. The Morgan fingerprint density at radius 3 is 3.07 bits per heavy atom. The van der Waals surface area contributed by atoms with Gasteiger partial charge in [-0.25, -0.2) is 9.37 Å². The number of fused-ring (bicyclic) bond motifs is 2. The topological polar surface area (TPSA) is 69.5 Å². The summed E-state index contributed by atoms with van der Waals surface area (Å²) >= 11 is 1.61. The number of thiazole rings is 1. The van der Waals surface area contributed by atoms with E-state index in [4.69, 9.17) is 0 Å². The first-order valence-electron chi connectivity index (χ1n) is 8.34. The van der Waals surface area contributed by atoms with E-state index >= 15 is 0 Å². The average Bonchev–Trinajstić information content (AvgIpc) is 3.32. The lowest BCUT2D eigenvalue weighted by atomic mass is 10.1. The first-order valence-corrected chi connectivity index (χ1v) is 9.22. The predicted molar refractivity (Wildman–Crippen MR) is 119 cm³/mol. The number of hydrogen-bond acceptors (Lipinski definition) is 3. The Bertz CT molecular complexity index is 1040. The summed E-state index contributed by atoms with van der Waals surface area (Å²) in [6.07, 6.45) is 6.70. The van der Waals surface area contributed by atoms with Gasteiger partial charge < -0.3 is 15.6 Å². The second-order valence-corrected chi connectivity index (χ2v) is 6.80. The SMILES string of the molecule is CN=C(NCCc1c[nH]c2ccc(F)cc12)NCc1cn2ccsc2n1.I. The van der Waals surface area contributed by atoms with Crippen LogP contribution in [0.3, 0.4) is 0 Å². The highest BCUT2D eigenvalue weighted by atomic mass is 127. The maximum absolute atomic E-state index is 13.4. The highest BCUT2D eigenvalue weighted by molar-refractivity contribution is 14.0. The van der Waals surface area contributed by atoms with Gasteiger partial charge in [0.1, 0.15) is 5.82 Å². The van der Waals surface area contributed by atoms with Gasteiger partial charge >= 0.3 is 0 Å². The molecule has 1 aromatic carbocycles. The standard InChI is InChI=1S/C18H19FN6S.HI/c1-20-17(23-10-14-11-25-6-7-26-18(25)24-14)21-5-4-12-9-22-16-3-2-13(19)8-15(12)16;/h2-3,6-9,11,22H,4-5,10H2,1H3,(H2,20,21,23);1H. The molecule has 4 aromatic rings. The van der Waals surface area contributed by atoms with Gasteiger partial charge in [0.05, 0.1) is 12.2 Å². The molecule has 0 unspecified atom stereocenters. The highest BCUT2D eigenvalue weighted by Gasteiger charge is 2.06. The molecule has 3 aromatic heterocycles. The van der Waals surface area contributed by atoms with Crippen LogP contribution in [0.4, 0.5) is 4.39 Å². The van der Waals surface area contributed by atoms with Crippen LogP contribution in [0.2, 0.25) is 0 Å². The van der Waals surface area contributed by atoms with Gasteiger partial charge in [0.2, 0.25) is 0 Å². The van der Waals surface area contributed by atoms with Crippen LogP contribution >= 0.6 is 35.3 Å². The molecule has 0 saturated carbocycles. The van der Waals surface area contributed by atoms with Crippen molar-refractivity contribution < 1.29 is 4.39 Å². The van der Waals surface area contributed by atoms with Crippen LogP contribution in [0.1, 0.15) is 11.3 Å². The Morgan fingerprint density at radius 1 is 1.37 bits per heavy atom. The molecule has 0 fully saturated rings. The molecule has 0 bridgehead atoms. The molecule has 9 heteroatoms. The van der Waals surface area contributed by atoms with E-state index in [-0.39, 0.29) is 29.8 Å². The van der Waals surface area contributed by atoms with E-state index in [9.17, 15) is 4.39 Å². The van der Waals surface area contributed by atoms with E-state index < -0.39 is 0 Å². The molecule has 0 saturated heterocycles.